The Labute approximate surface area is 154 Å². The SMILES string of the molecule is CCCCC1CCC(c2ccc(-c3cccc(C(F)(F)F)c3)cc2)CC1. The highest BCUT2D eigenvalue weighted by Crippen LogP contribution is 2.38. The molecule has 2 aromatic carbocycles. The normalized spacial score (nSPS) is 20.9. The third-order valence-electron chi connectivity index (χ3n) is 5.72. The van der Waals surface area contributed by atoms with Crippen LogP contribution in [0.25, 0.3) is 11.1 Å². The molecule has 3 rings (SSSR count). The lowest BCUT2D eigenvalue weighted by Crippen LogP contribution is -2.13. The average Bonchev–Trinajstić information content (AvgIpc) is 2.66. The molecule has 0 spiro atoms. The lowest BCUT2D eigenvalue weighted by molar-refractivity contribution is -0.137. The second kappa shape index (κ2) is 8.28. The van der Waals surface area contributed by atoms with Gasteiger partial charge in [-0.15, -0.1) is 0 Å². The second-order valence-electron chi connectivity index (χ2n) is 7.56. The van der Waals surface area contributed by atoms with Crippen molar-refractivity contribution in [3.05, 3.63) is 59.7 Å². The first-order valence-electron chi connectivity index (χ1n) is 9.75. The highest BCUT2D eigenvalue weighted by Gasteiger charge is 2.30. The third kappa shape index (κ3) is 4.69. The molecule has 0 heterocycles. The van der Waals surface area contributed by atoms with E-state index in [1.165, 1.54) is 62.6 Å². The van der Waals surface area contributed by atoms with Crippen molar-refractivity contribution in [1.29, 1.82) is 0 Å². The minimum Gasteiger partial charge on any atom is -0.166 e. The van der Waals surface area contributed by atoms with E-state index in [4.69, 9.17) is 0 Å². The van der Waals surface area contributed by atoms with Crippen molar-refractivity contribution >= 4 is 0 Å². The maximum absolute atomic E-state index is 12.9. The van der Waals surface area contributed by atoms with E-state index in [-0.39, 0.29) is 0 Å². The van der Waals surface area contributed by atoms with Gasteiger partial charge < -0.3 is 0 Å². The average molecular weight is 360 g/mol. The standard InChI is InChI=1S/C23H27F3/c1-2-3-5-17-8-10-18(11-9-17)19-12-14-20(15-13-19)21-6-4-7-22(16-21)23(24,25)26/h4,6-7,12-18H,2-3,5,8-11H2,1H3. The summed E-state index contributed by atoms with van der Waals surface area (Å²) in [5.41, 5.74) is 2.20. The van der Waals surface area contributed by atoms with E-state index in [1.807, 2.05) is 12.1 Å². The number of halogens is 3. The van der Waals surface area contributed by atoms with Gasteiger partial charge in [0.15, 0.2) is 0 Å². The van der Waals surface area contributed by atoms with Gasteiger partial charge in [0.2, 0.25) is 0 Å². The molecular formula is C23H27F3. The van der Waals surface area contributed by atoms with Gasteiger partial charge in [-0.05, 0) is 66.3 Å². The first-order valence-corrected chi connectivity index (χ1v) is 9.75. The van der Waals surface area contributed by atoms with Crippen LogP contribution >= 0.6 is 0 Å². The number of unbranched alkanes of at least 4 members (excludes halogenated alkanes) is 1. The zero-order valence-corrected chi connectivity index (χ0v) is 15.4. The molecule has 0 radical (unpaired) electrons. The summed E-state index contributed by atoms with van der Waals surface area (Å²) < 4.78 is 38.7. The number of rotatable bonds is 5. The van der Waals surface area contributed by atoms with Crippen LogP contribution in [0.2, 0.25) is 0 Å². The van der Waals surface area contributed by atoms with Crippen LogP contribution in [0.15, 0.2) is 48.5 Å². The molecule has 140 valence electrons. The summed E-state index contributed by atoms with van der Waals surface area (Å²) in [7, 11) is 0. The van der Waals surface area contributed by atoms with E-state index >= 15 is 0 Å². The van der Waals surface area contributed by atoms with Crippen LogP contribution in [0, 0.1) is 5.92 Å². The van der Waals surface area contributed by atoms with Gasteiger partial charge in [-0.25, -0.2) is 0 Å². The highest BCUT2D eigenvalue weighted by atomic mass is 19.4. The Morgan fingerprint density at radius 3 is 2.19 bits per heavy atom. The van der Waals surface area contributed by atoms with Gasteiger partial charge in [-0.1, -0.05) is 62.6 Å². The smallest absolute Gasteiger partial charge is 0.166 e. The van der Waals surface area contributed by atoms with Gasteiger partial charge >= 0.3 is 6.18 Å². The van der Waals surface area contributed by atoms with Crippen LogP contribution in [0.3, 0.4) is 0 Å². The molecule has 0 bridgehead atoms. The molecule has 0 aromatic heterocycles. The first-order chi connectivity index (χ1) is 12.5. The molecule has 26 heavy (non-hydrogen) atoms. The molecule has 3 heteroatoms. The van der Waals surface area contributed by atoms with Gasteiger partial charge in [0.05, 0.1) is 5.56 Å². The molecule has 0 N–H and O–H groups in total. The zero-order chi connectivity index (χ0) is 18.6. The fraction of sp³-hybridized carbons (Fsp3) is 0.478. The van der Waals surface area contributed by atoms with Gasteiger partial charge in [-0.2, -0.15) is 13.2 Å². The molecule has 1 aliphatic rings. The molecule has 0 amide bonds. The first kappa shape index (κ1) is 19.0. The van der Waals surface area contributed by atoms with Crippen LogP contribution in [0.5, 0.6) is 0 Å². The molecule has 0 nitrogen and oxygen atoms in total. The molecule has 0 atom stereocenters. The van der Waals surface area contributed by atoms with E-state index < -0.39 is 11.7 Å². The summed E-state index contributed by atoms with van der Waals surface area (Å²) in [5, 5.41) is 0. The lowest BCUT2D eigenvalue weighted by Gasteiger charge is -2.29. The predicted octanol–water partition coefficient (Wildman–Crippen LogP) is 7.84. The number of hydrogen-bond acceptors (Lipinski definition) is 0. The number of alkyl halides is 3. The molecule has 2 aromatic rings. The van der Waals surface area contributed by atoms with Gasteiger partial charge in [0.25, 0.3) is 0 Å². The van der Waals surface area contributed by atoms with Crippen molar-refractivity contribution in [3.63, 3.8) is 0 Å². The topological polar surface area (TPSA) is 0 Å². The van der Waals surface area contributed by atoms with E-state index in [2.05, 4.69) is 19.1 Å². The Kier molecular flexibility index (Phi) is 6.05. The second-order valence-corrected chi connectivity index (χ2v) is 7.56. The molecule has 0 saturated heterocycles. The van der Waals surface area contributed by atoms with E-state index in [9.17, 15) is 13.2 Å². The van der Waals surface area contributed by atoms with Gasteiger partial charge in [0, 0.05) is 0 Å². The quantitative estimate of drug-likeness (QED) is 0.509. The maximum atomic E-state index is 12.9. The molecule has 1 fully saturated rings. The number of hydrogen-bond donors (Lipinski definition) is 0. The molecule has 1 saturated carbocycles. The van der Waals surface area contributed by atoms with Crippen LogP contribution in [-0.4, -0.2) is 0 Å². The van der Waals surface area contributed by atoms with Crippen molar-refractivity contribution in [2.75, 3.05) is 0 Å². The molecule has 0 unspecified atom stereocenters. The van der Waals surface area contributed by atoms with Gasteiger partial charge in [0.1, 0.15) is 0 Å². The summed E-state index contributed by atoms with van der Waals surface area (Å²) in [5.74, 6) is 1.49. The Bertz CT molecular complexity index is 692. The van der Waals surface area contributed by atoms with Crippen LogP contribution < -0.4 is 0 Å². The predicted molar refractivity (Wildman–Crippen MR) is 101 cm³/mol. The van der Waals surface area contributed by atoms with E-state index in [1.54, 1.807) is 6.07 Å². The minimum absolute atomic E-state index is 0.593. The lowest BCUT2D eigenvalue weighted by atomic mass is 9.77. The molecule has 0 aliphatic heterocycles. The van der Waals surface area contributed by atoms with E-state index in [0.717, 1.165) is 17.5 Å². The minimum atomic E-state index is -4.30. The van der Waals surface area contributed by atoms with Crippen molar-refractivity contribution in [2.24, 2.45) is 5.92 Å². The Balaban J connectivity index is 1.66. The fourth-order valence-electron chi connectivity index (χ4n) is 4.10. The maximum Gasteiger partial charge on any atom is 0.416 e. The Hall–Kier alpha value is -1.77. The van der Waals surface area contributed by atoms with Crippen LogP contribution in [-0.2, 0) is 6.18 Å². The van der Waals surface area contributed by atoms with Crippen molar-refractivity contribution < 1.29 is 13.2 Å². The third-order valence-corrected chi connectivity index (χ3v) is 5.72. The Morgan fingerprint density at radius 2 is 1.58 bits per heavy atom. The fourth-order valence-corrected chi connectivity index (χ4v) is 4.10. The van der Waals surface area contributed by atoms with Crippen molar-refractivity contribution in [1.82, 2.24) is 0 Å². The van der Waals surface area contributed by atoms with E-state index in [0.29, 0.717) is 11.5 Å². The Morgan fingerprint density at radius 1 is 0.885 bits per heavy atom. The summed E-state index contributed by atoms with van der Waals surface area (Å²) >= 11 is 0. The van der Waals surface area contributed by atoms with Crippen LogP contribution in [0.1, 0.15) is 68.9 Å². The molecule has 1 aliphatic carbocycles. The monoisotopic (exact) mass is 360 g/mol. The summed E-state index contributed by atoms with van der Waals surface area (Å²) in [6.07, 6.45) is 4.75. The summed E-state index contributed by atoms with van der Waals surface area (Å²) in [6, 6.07) is 13.7. The highest BCUT2D eigenvalue weighted by molar-refractivity contribution is 5.64. The molecular weight excluding hydrogens is 333 g/mol. The van der Waals surface area contributed by atoms with Crippen LogP contribution in [0.4, 0.5) is 13.2 Å². The number of benzene rings is 2. The largest absolute Gasteiger partial charge is 0.416 e. The summed E-state index contributed by atoms with van der Waals surface area (Å²) in [4.78, 5) is 0. The van der Waals surface area contributed by atoms with Crippen molar-refractivity contribution in [3.8, 4) is 11.1 Å². The zero-order valence-electron chi connectivity index (χ0n) is 15.4. The van der Waals surface area contributed by atoms with Gasteiger partial charge in [-0.3, -0.25) is 0 Å². The van der Waals surface area contributed by atoms with Crippen molar-refractivity contribution in [2.45, 2.75) is 64.0 Å². The summed E-state index contributed by atoms with van der Waals surface area (Å²) in [6.45, 7) is 2.25.